The maximum Gasteiger partial charge on any atom is 0.219 e. The van der Waals surface area contributed by atoms with Crippen molar-refractivity contribution in [2.75, 3.05) is 31.1 Å². The van der Waals surface area contributed by atoms with Crippen LogP contribution in [0.15, 0.2) is 54.9 Å². The van der Waals surface area contributed by atoms with E-state index in [0.717, 1.165) is 35.7 Å². The summed E-state index contributed by atoms with van der Waals surface area (Å²) < 4.78 is 0. The fourth-order valence-corrected chi connectivity index (χ4v) is 3.37. The molecular formula is C21H20ClN5O. The summed E-state index contributed by atoms with van der Waals surface area (Å²) in [5, 5.41) is 0.686. The number of benzene rings is 1. The molecule has 6 nitrogen and oxygen atoms in total. The summed E-state index contributed by atoms with van der Waals surface area (Å²) >= 11 is 6.04. The summed E-state index contributed by atoms with van der Waals surface area (Å²) in [5.74, 6) is 1.59. The van der Waals surface area contributed by atoms with Crippen LogP contribution in [0.2, 0.25) is 5.02 Å². The van der Waals surface area contributed by atoms with E-state index in [4.69, 9.17) is 21.6 Å². The SMILES string of the molecule is CC(=O)N1CCN(c2cc(-c3ccc(Cl)cc3)nc(-c3cccnc3)n2)CC1. The Balaban J connectivity index is 1.72. The van der Waals surface area contributed by atoms with Gasteiger partial charge in [-0.1, -0.05) is 23.7 Å². The zero-order valence-corrected chi connectivity index (χ0v) is 16.3. The molecule has 7 heteroatoms. The maximum absolute atomic E-state index is 11.6. The van der Waals surface area contributed by atoms with Crippen LogP contribution in [0.25, 0.3) is 22.6 Å². The Morgan fingerprint density at radius 2 is 1.75 bits per heavy atom. The van der Waals surface area contributed by atoms with Crippen molar-refractivity contribution in [1.82, 2.24) is 19.9 Å². The Hall–Kier alpha value is -2.99. The molecule has 3 heterocycles. The summed E-state index contributed by atoms with van der Waals surface area (Å²) in [6.45, 7) is 4.47. The van der Waals surface area contributed by atoms with Gasteiger partial charge >= 0.3 is 0 Å². The molecular weight excluding hydrogens is 374 g/mol. The lowest BCUT2D eigenvalue weighted by Crippen LogP contribution is -2.48. The first-order valence-corrected chi connectivity index (χ1v) is 9.54. The molecule has 0 radical (unpaired) electrons. The molecule has 0 N–H and O–H groups in total. The number of aromatic nitrogens is 3. The number of pyridine rings is 1. The van der Waals surface area contributed by atoms with E-state index in [1.54, 1.807) is 19.3 Å². The van der Waals surface area contributed by atoms with Gasteiger partial charge in [0.2, 0.25) is 5.91 Å². The minimum absolute atomic E-state index is 0.111. The summed E-state index contributed by atoms with van der Waals surface area (Å²) in [7, 11) is 0. The van der Waals surface area contributed by atoms with E-state index in [9.17, 15) is 4.79 Å². The third kappa shape index (κ3) is 3.97. The van der Waals surface area contributed by atoms with E-state index in [2.05, 4.69) is 9.88 Å². The van der Waals surface area contributed by atoms with Crippen LogP contribution in [0.3, 0.4) is 0 Å². The highest BCUT2D eigenvalue weighted by molar-refractivity contribution is 6.30. The van der Waals surface area contributed by atoms with Crippen LogP contribution in [-0.2, 0) is 4.79 Å². The van der Waals surface area contributed by atoms with Crippen LogP contribution in [0.5, 0.6) is 0 Å². The van der Waals surface area contributed by atoms with Gasteiger partial charge in [0.05, 0.1) is 5.69 Å². The first-order valence-electron chi connectivity index (χ1n) is 9.16. The Labute approximate surface area is 168 Å². The largest absolute Gasteiger partial charge is 0.353 e. The number of nitrogens with zero attached hydrogens (tertiary/aromatic N) is 5. The summed E-state index contributed by atoms with van der Waals surface area (Å²) in [5.41, 5.74) is 2.66. The van der Waals surface area contributed by atoms with Crippen LogP contribution >= 0.6 is 11.6 Å². The van der Waals surface area contributed by atoms with Gasteiger partial charge in [0, 0.05) is 67.7 Å². The summed E-state index contributed by atoms with van der Waals surface area (Å²) in [6.07, 6.45) is 3.49. The molecule has 2 aromatic heterocycles. The lowest BCUT2D eigenvalue weighted by molar-refractivity contribution is -0.129. The molecule has 0 spiro atoms. The van der Waals surface area contributed by atoms with E-state index in [1.165, 1.54) is 0 Å². The van der Waals surface area contributed by atoms with Crippen molar-refractivity contribution in [2.45, 2.75) is 6.92 Å². The molecule has 1 aromatic carbocycles. The minimum Gasteiger partial charge on any atom is -0.353 e. The maximum atomic E-state index is 11.6. The van der Waals surface area contributed by atoms with Gasteiger partial charge in [-0.15, -0.1) is 0 Å². The highest BCUT2D eigenvalue weighted by Gasteiger charge is 2.21. The van der Waals surface area contributed by atoms with Crippen molar-refractivity contribution < 1.29 is 4.79 Å². The van der Waals surface area contributed by atoms with E-state index in [1.807, 2.05) is 47.4 Å². The molecule has 1 amide bonds. The highest BCUT2D eigenvalue weighted by atomic mass is 35.5. The number of halogens is 1. The van der Waals surface area contributed by atoms with Gasteiger partial charge in [-0.25, -0.2) is 9.97 Å². The Morgan fingerprint density at radius 3 is 2.39 bits per heavy atom. The second-order valence-electron chi connectivity index (χ2n) is 6.68. The molecule has 4 rings (SSSR count). The second kappa shape index (κ2) is 7.94. The number of hydrogen-bond donors (Lipinski definition) is 0. The van der Waals surface area contributed by atoms with E-state index in [-0.39, 0.29) is 5.91 Å². The van der Waals surface area contributed by atoms with Gasteiger partial charge in [-0.3, -0.25) is 9.78 Å². The number of piperazine rings is 1. The molecule has 0 saturated carbocycles. The van der Waals surface area contributed by atoms with E-state index in [0.29, 0.717) is 23.9 Å². The fourth-order valence-electron chi connectivity index (χ4n) is 3.24. The first kappa shape index (κ1) is 18.4. The first-order chi connectivity index (χ1) is 13.6. The van der Waals surface area contributed by atoms with Crippen LogP contribution in [0, 0.1) is 0 Å². The second-order valence-corrected chi connectivity index (χ2v) is 7.11. The molecule has 0 aliphatic carbocycles. The number of anilines is 1. The highest BCUT2D eigenvalue weighted by Crippen LogP contribution is 2.27. The molecule has 0 unspecified atom stereocenters. The van der Waals surface area contributed by atoms with Crippen molar-refractivity contribution in [3.8, 4) is 22.6 Å². The predicted octanol–water partition coefficient (Wildman–Crippen LogP) is 3.53. The van der Waals surface area contributed by atoms with Gasteiger partial charge in [-0.05, 0) is 24.3 Å². The molecule has 0 atom stereocenters. The van der Waals surface area contributed by atoms with Gasteiger partial charge in [0.15, 0.2) is 5.82 Å². The van der Waals surface area contributed by atoms with Gasteiger partial charge < -0.3 is 9.80 Å². The molecule has 3 aromatic rings. The van der Waals surface area contributed by atoms with Gasteiger partial charge in [-0.2, -0.15) is 0 Å². The fraction of sp³-hybridized carbons (Fsp3) is 0.238. The van der Waals surface area contributed by atoms with E-state index < -0.39 is 0 Å². The van der Waals surface area contributed by atoms with Crippen LogP contribution in [-0.4, -0.2) is 51.9 Å². The lowest BCUT2D eigenvalue weighted by Gasteiger charge is -2.35. The quantitative estimate of drug-likeness (QED) is 0.681. The third-order valence-electron chi connectivity index (χ3n) is 4.82. The van der Waals surface area contributed by atoms with Crippen LogP contribution in [0.1, 0.15) is 6.92 Å². The number of hydrogen-bond acceptors (Lipinski definition) is 5. The predicted molar refractivity (Wildman–Crippen MR) is 110 cm³/mol. The zero-order chi connectivity index (χ0) is 19.5. The number of carbonyl (C=O) groups is 1. The number of carbonyl (C=O) groups excluding carboxylic acids is 1. The minimum atomic E-state index is 0.111. The summed E-state index contributed by atoms with van der Waals surface area (Å²) in [6, 6.07) is 13.4. The molecule has 0 bridgehead atoms. The van der Waals surface area contributed by atoms with E-state index >= 15 is 0 Å². The molecule has 1 saturated heterocycles. The molecule has 142 valence electrons. The van der Waals surface area contributed by atoms with Gasteiger partial charge in [0.1, 0.15) is 5.82 Å². The number of amides is 1. The van der Waals surface area contributed by atoms with Crippen molar-refractivity contribution in [2.24, 2.45) is 0 Å². The van der Waals surface area contributed by atoms with Crippen molar-refractivity contribution >= 4 is 23.3 Å². The van der Waals surface area contributed by atoms with Crippen molar-refractivity contribution in [3.05, 3.63) is 59.9 Å². The Kier molecular flexibility index (Phi) is 5.21. The topological polar surface area (TPSA) is 62.2 Å². The van der Waals surface area contributed by atoms with Crippen LogP contribution < -0.4 is 4.90 Å². The summed E-state index contributed by atoms with van der Waals surface area (Å²) in [4.78, 5) is 29.4. The molecule has 1 fully saturated rings. The zero-order valence-electron chi connectivity index (χ0n) is 15.5. The Morgan fingerprint density at radius 1 is 1.00 bits per heavy atom. The lowest BCUT2D eigenvalue weighted by atomic mass is 10.1. The third-order valence-corrected chi connectivity index (χ3v) is 5.07. The van der Waals surface area contributed by atoms with Crippen molar-refractivity contribution in [3.63, 3.8) is 0 Å². The Bertz CT molecular complexity index is 970. The van der Waals surface area contributed by atoms with Crippen LogP contribution in [0.4, 0.5) is 5.82 Å². The number of rotatable bonds is 3. The molecule has 1 aliphatic heterocycles. The monoisotopic (exact) mass is 393 g/mol. The average molecular weight is 394 g/mol. The van der Waals surface area contributed by atoms with Gasteiger partial charge in [0.25, 0.3) is 0 Å². The normalized spacial score (nSPS) is 14.2. The van der Waals surface area contributed by atoms with Crippen molar-refractivity contribution in [1.29, 1.82) is 0 Å². The molecule has 28 heavy (non-hydrogen) atoms. The average Bonchev–Trinajstić information content (AvgIpc) is 2.74. The standard InChI is InChI=1S/C21H20ClN5O/c1-15(28)26-9-11-27(12-10-26)20-13-19(16-4-6-18(22)7-5-16)24-21(25-20)17-3-2-8-23-14-17/h2-8,13-14H,9-12H2,1H3. The molecule has 1 aliphatic rings. The smallest absolute Gasteiger partial charge is 0.219 e.